The summed E-state index contributed by atoms with van der Waals surface area (Å²) >= 11 is 1.68. The van der Waals surface area contributed by atoms with Crippen molar-refractivity contribution in [1.29, 1.82) is 0 Å². The van der Waals surface area contributed by atoms with Crippen LogP contribution >= 0.6 is 11.3 Å². The Morgan fingerprint density at radius 2 is 1.95 bits per heavy atom. The van der Waals surface area contributed by atoms with Crippen LogP contribution in [0.5, 0.6) is 5.75 Å². The average molecular weight is 287 g/mol. The normalized spacial score (nSPS) is 10.9. The molecule has 0 saturated heterocycles. The molecule has 3 rings (SSSR count). The maximum Gasteiger partial charge on any atom is 0.126 e. The van der Waals surface area contributed by atoms with E-state index in [-0.39, 0.29) is 5.82 Å². The Bertz CT molecular complexity index is 738. The molecule has 0 radical (unpaired) electrons. The largest absolute Gasteiger partial charge is 0.489 e. The van der Waals surface area contributed by atoms with Gasteiger partial charge in [-0.2, -0.15) is 0 Å². The molecule has 0 saturated carbocycles. The van der Waals surface area contributed by atoms with Gasteiger partial charge in [-0.3, -0.25) is 0 Å². The van der Waals surface area contributed by atoms with Crippen molar-refractivity contribution in [2.75, 3.05) is 0 Å². The zero-order valence-corrected chi connectivity index (χ0v) is 11.6. The number of thiophene rings is 1. The van der Waals surface area contributed by atoms with Gasteiger partial charge in [0.1, 0.15) is 18.2 Å². The molecule has 1 heterocycles. The van der Waals surface area contributed by atoms with E-state index in [9.17, 15) is 4.39 Å². The standard InChI is InChI=1S/C16H14FNOS/c17-11-4-3-5-12(8-11)19-10-14-13-6-1-2-7-15(13)20-16(14)9-18/h1-8H,9-10,18H2. The Morgan fingerprint density at radius 1 is 1.10 bits per heavy atom. The minimum absolute atomic E-state index is 0.295. The van der Waals surface area contributed by atoms with E-state index in [2.05, 4.69) is 12.1 Å². The Hall–Kier alpha value is -1.91. The monoisotopic (exact) mass is 287 g/mol. The molecule has 2 nitrogen and oxygen atoms in total. The first-order valence-corrected chi connectivity index (χ1v) is 7.17. The first-order chi connectivity index (χ1) is 9.78. The second kappa shape index (κ2) is 5.61. The molecule has 0 atom stereocenters. The Labute approximate surface area is 120 Å². The topological polar surface area (TPSA) is 35.2 Å². The highest BCUT2D eigenvalue weighted by atomic mass is 32.1. The van der Waals surface area contributed by atoms with Crippen LogP contribution in [0.1, 0.15) is 10.4 Å². The van der Waals surface area contributed by atoms with Gasteiger partial charge in [0.25, 0.3) is 0 Å². The number of benzene rings is 2. The van der Waals surface area contributed by atoms with E-state index in [1.807, 2.05) is 12.1 Å². The number of ether oxygens (including phenoxy) is 1. The number of nitrogens with two attached hydrogens (primary N) is 1. The van der Waals surface area contributed by atoms with Gasteiger partial charge in [-0.1, -0.05) is 24.3 Å². The van der Waals surface area contributed by atoms with E-state index in [4.69, 9.17) is 10.5 Å². The van der Waals surface area contributed by atoms with Crippen molar-refractivity contribution in [3.05, 3.63) is 64.8 Å². The lowest BCUT2D eigenvalue weighted by Gasteiger charge is -2.07. The molecule has 4 heteroatoms. The number of hydrogen-bond donors (Lipinski definition) is 1. The molecular formula is C16H14FNOS. The SMILES string of the molecule is NCc1sc2ccccc2c1COc1cccc(F)c1. The van der Waals surface area contributed by atoms with Gasteiger partial charge in [-0.15, -0.1) is 11.3 Å². The molecule has 0 aliphatic rings. The van der Waals surface area contributed by atoms with E-state index < -0.39 is 0 Å². The van der Waals surface area contributed by atoms with Crippen LogP contribution in [0.2, 0.25) is 0 Å². The molecule has 0 amide bonds. The lowest BCUT2D eigenvalue weighted by molar-refractivity contribution is 0.305. The summed E-state index contributed by atoms with van der Waals surface area (Å²) in [7, 11) is 0. The van der Waals surface area contributed by atoms with Gasteiger partial charge in [0.05, 0.1) is 0 Å². The summed E-state index contributed by atoms with van der Waals surface area (Å²) in [5.41, 5.74) is 6.90. The van der Waals surface area contributed by atoms with E-state index >= 15 is 0 Å². The second-order valence-electron chi connectivity index (χ2n) is 4.45. The number of rotatable bonds is 4. The molecule has 102 valence electrons. The van der Waals surface area contributed by atoms with E-state index in [1.54, 1.807) is 23.5 Å². The highest BCUT2D eigenvalue weighted by Gasteiger charge is 2.11. The van der Waals surface area contributed by atoms with Crippen LogP contribution in [-0.4, -0.2) is 0 Å². The quantitative estimate of drug-likeness (QED) is 0.784. The summed E-state index contributed by atoms with van der Waals surface area (Å²) in [6, 6.07) is 14.3. The summed E-state index contributed by atoms with van der Waals surface area (Å²) < 4.78 is 20.0. The average Bonchev–Trinajstić information content (AvgIpc) is 2.83. The zero-order chi connectivity index (χ0) is 13.9. The summed E-state index contributed by atoms with van der Waals surface area (Å²) in [6.45, 7) is 0.890. The molecule has 0 spiro atoms. The molecule has 0 aliphatic heterocycles. The van der Waals surface area contributed by atoms with Crippen molar-refractivity contribution in [3.63, 3.8) is 0 Å². The van der Waals surface area contributed by atoms with Crippen LogP contribution in [0, 0.1) is 5.82 Å². The maximum atomic E-state index is 13.1. The Morgan fingerprint density at radius 3 is 2.75 bits per heavy atom. The number of halogens is 1. The van der Waals surface area contributed by atoms with E-state index in [1.165, 1.54) is 16.8 Å². The van der Waals surface area contributed by atoms with Crippen LogP contribution in [0.15, 0.2) is 48.5 Å². The molecular weight excluding hydrogens is 273 g/mol. The molecule has 2 N–H and O–H groups in total. The third-order valence-electron chi connectivity index (χ3n) is 3.15. The third kappa shape index (κ3) is 2.53. The Balaban J connectivity index is 1.90. The van der Waals surface area contributed by atoms with E-state index in [0.717, 1.165) is 15.8 Å². The van der Waals surface area contributed by atoms with Crippen molar-refractivity contribution in [2.24, 2.45) is 5.73 Å². The summed E-state index contributed by atoms with van der Waals surface area (Å²) in [5.74, 6) is 0.236. The first-order valence-electron chi connectivity index (χ1n) is 6.35. The Kier molecular flexibility index (Phi) is 3.67. The fourth-order valence-corrected chi connectivity index (χ4v) is 3.27. The van der Waals surface area contributed by atoms with Crippen LogP contribution in [-0.2, 0) is 13.2 Å². The fourth-order valence-electron chi connectivity index (χ4n) is 2.18. The summed E-state index contributed by atoms with van der Waals surface area (Å²) in [5, 5.41) is 1.16. The molecule has 0 fully saturated rings. The predicted octanol–water partition coefficient (Wildman–Crippen LogP) is 4.08. The lowest BCUT2D eigenvalue weighted by atomic mass is 10.1. The van der Waals surface area contributed by atoms with Crippen molar-refractivity contribution < 1.29 is 9.13 Å². The maximum absolute atomic E-state index is 13.1. The zero-order valence-electron chi connectivity index (χ0n) is 10.8. The summed E-state index contributed by atoms with van der Waals surface area (Å²) in [6.07, 6.45) is 0. The summed E-state index contributed by atoms with van der Waals surface area (Å²) in [4.78, 5) is 1.11. The highest BCUT2D eigenvalue weighted by Crippen LogP contribution is 2.31. The molecule has 0 aliphatic carbocycles. The molecule has 20 heavy (non-hydrogen) atoms. The third-order valence-corrected chi connectivity index (χ3v) is 4.38. The van der Waals surface area contributed by atoms with Crippen LogP contribution in [0.25, 0.3) is 10.1 Å². The number of hydrogen-bond acceptors (Lipinski definition) is 3. The van der Waals surface area contributed by atoms with Gasteiger partial charge in [0.15, 0.2) is 0 Å². The van der Waals surface area contributed by atoms with E-state index in [0.29, 0.717) is 18.9 Å². The molecule has 2 aromatic carbocycles. The minimum atomic E-state index is -0.295. The molecule has 3 aromatic rings. The lowest BCUT2D eigenvalue weighted by Crippen LogP contribution is -2.01. The van der Waals surface area contributed by atoms with Crippen LogP contribution in [0.3, 0.4) is 0 Å². The van der Waals surface area contributed by atoms with Gasteiger partial charge in [-0.05, 0) is 23.6 Å². The van der Waals surface area contributed by atoms with Crippen molar-refractivity contribution in [2.45, 2.75) is 13.2 Å². The van der Waals surface area contributed by atoms with Crippen LogP contribution in [0.4, 0.5) is 4.39 Å². The van der Waals surface area contributed by atoms with Crippen molar-refractivity contribution >= 4 is 21.4 Å². The molecule has 0 unspecified atom stereocenters. The highest BCUT2D eigenvalue weighted by molar-refractivity contribution is 7.19. The molecule has 1 aromatic heterocycles. The minimum Gasteiger partial charge on any atom is -0.489 e. The van der Waals surface area contributed by atoms with Gasteiger partial charge in [0.2, 0.25) is 0 Å². The van der Waals surface area contributed by atoms with Gasteiger partial charge in [-0.25, -0.2) is 4.39 Å². The number of fused-ring (bicyclic) bond motifs is 1. The predicted molar refractivity (Wildman–Crippen MR) is 80.4 cm³/mol. The fraction of sp³-hybridized carbons (Fsp3) is 0.125. The van der Waals surface area contributed by atoms with Gasteiger partial charge < -0.3 is 10.5 Å². The van der Waals surface area contributed by atoms with Crippen molar-refractivity contribution in [1.82, 2.24) is 0 Å². The van der Waals surface area contributed by atoms with Gasteiger partial charge in [0, 0.05) is 27.8 Å². The smallest absolute Gasteiger partial charge is 0.126 e. The second-order valence-corrected chi connectivity index (χ2v) is 5.59. The van der Waals surface area contributed by atoms with Crippen molar-refractivity contribution in [3.8, 4) is 5.75 Å². The van der Waals surface area contributed by atoms with Crippen LogP contribution < -0.4 is 10.5 Å². The van der Waals surface area contributed by atoms with Gasteiger partial charge >= 0.3 is 0 Å². The first kappa shape index (κ1) is 13.1. The molecule has 0 bridgehead atoms.